The Morgan fingerprint density at radius 3 is 2.65 bits per heavy atom. The standard InChI is InChI=1S/C15H14N2O2S/c1-11(2)14-6-4-12-10-13(5-7-15(12)17-14)20(18,19)9-3-8-16/h3-7,9-11H,1-2H3/b9-3+. The number of rotatable bonds is 3. The fourth-order valence-electron chi connectivity index (χ4n) is 1.82. The number of benzene rings is 1. The van der Waals surface area contributed by atoms with Gasteiger partial charge in [0, 0.05) is 22.6 Å². The molecule has 0 aliphatic rings. The van der Waals surface area contributed by atoms with Crippen LogP contribution in [-0.4, -0.2) is 13.4 Å². The van der Waals surface area contributed by atoms with Gasteiger partial charge in [-0.15, -0.1) is 0 Å². The van der Waals surface area contributed by atoms with Crippen molar-refractivity contribution >= 4 is 20.7 Å². The first-order valence-electron chi connectivity index (χ1n) is 6.16. The van der Waals surface area contributed by atoms with Crippen molar-refractivity contribution in [2.24, 2.45) is 0 Å². The van der Waals surface area contributed by atoms with Gasteiger partial charge in [0.1, 0.15) is 0 Å². The molecule has 0 atom stereocenters. The number of aromatic nitrogens is 1. The second-order valence-corrected chi connectivity index (χ2v) is 6.56. The highest BCUT2D eigenvalue weighted by Crippen LogP contribution is 2.22. The van der Waals surface area contributed by atoms with E-state index in [0.29, 0.717) is 5.92 Å². The van der Waals surface area contributed by atoms with Crippen LogP contribution in [0.25, 0.3) is 10.9 Å². The summed E-state index contributed by atoms with van der Waals surface area (Å²) in [6.45, 7) is 4.11. The molecular weight excluding hydrogens is 272 g/mol. The SMILES string of the molecule is CC(C)c1ccc2cc(S(=O)(=O)/C=C/C#N)ccc2n1. The Bertz CT molecular complexity index is 815. The number of hydrogen-bond donors (Lipinski definition) is 0. The largest absolute Gasteiger partial charge is 0.253 e. The van der Waals surface area contributed by atoms with Crippen molar-refractivity contribution in [3.8, 4) is 6.07 Å². The fraction of sp³-hybridized carbons (Fsp3) is 0.200. The van der Waals surface area contributed by atoms with Gasteiger partial charge in [0.2, 0.25) is 9.84 Å². The van der Waals surface area contributed by atoms with Crippen molar-refractivity contribution in [3.63, 3.8) is 0 Å². The van der Waals surface area contributed by atoms with Crippen LogP contribution in [0.3, 0.4) is 0 Å². The monoisotopic (exact) mass is 286 g/mol. The Morgan fingerprint density at radius 1 is 1.25 bits per heavy atom. The van der Waals surface area contributed by atoms with Crippen LogP contribution in [-0.2, 0) is 9.84 Å². The average molecular weight is 286 g/mol. The summed E-state index contributed by atoms with van der Waals surface area (Å²) < 4.78 is 23.9. The molecular formula is C15H14N2O2S. The molecule has 0 aliphatic carbocycles. The second kappa shape index (κ2) is 5.43. The zero-order valence-electron chi connectivity index (χ0n) is 11.2. The molecule has 1 heterocycles. The van der Waals surface area contributed by atoms with Crippen molar-refractivity contribution in [2.75, 3.05) is 0 Å². The maximum absolute atomic E-state index is 12.0. The van der Waals surface area contributed by atoms with Crippen molar-refractivity contribution in [1.82, 2.24) is 4.98 Å². The first-order chi connectivity index (χ1) is 9.44. The highest BCUT2D eigenvalue weighted by Gasteiger charge is 2.11. The Kier molecular flexibility index (Phi) is 3.86. The molecule has 1 aromatic carbocycles. The van der Waals surface area contributed by atoms with Crippen molar-refractivity contribution < 1.29 is 8.42 Å². The van der Waals surface area contributed by atoms with E-state index < -0.39 is 9.84 Å². The summed E-state index contributed by atoms with van der Waals surface area (Å²) in [5, 5.41) is 10.1. The van der Waals surface area contributed by atoms with Crippen LogP contribution in [0.2, 0.25) is 0 Å². The summed E-state index contributed by atoms with van der Waals surface area (Å²) >= 11 is 0. The van der Waals surface area contributed by atoms with Gasteiger partial charge in [0.15, 0.2) is 0 Å². The minimum absolute atomic E-state index is 0.163. The first-order valence-corrected chi connectivity index (χ1v) is 7.70. The van der Waals surface area contributed by atoms with Gasteiger partial charge < -0.3 is 0 Å². The smallest absolute Gasteiger partial charge is 0.200 e. The molecule has 4 nitrogen and oxygen atoms in total. The lowest BCUT2D eigenvalue weighted by Crippen LogP contribution is -1.97. The highest BCUT2D eigenvalue weighted by atomic mass is 32.2. The van der Waals surface area contributed by atoms with E-state index in [4.69, 9.17) is 5.26 Å². The summed E-state index contributed by atoms with van der Waals surface area (Å²) in [6, 6.07) is 10.2. The lowest BCUT2D eigenvalue weighted by atomic mass is 10.1. The lowest BCUT2D eigenvalue weighted by Gasteiger charge is -2.07. The quantitative estimate of drug-likeness (QED) is 0.812. The molecule has 0 saturated heterocycles. The molecule has 5 heteroatoms. The zero-order chi connectivity index (χ0) is 14.8. The van der Waals surface area contributed by atoms with Crippen LogP contribution in [0.15, 0.2) is 46.7 Å². The van der Waals surface area contributed by atoms with Crippen LogP contribution in [0.1, 0.15) is 25.5 Å². The van der Waals surface area contributed by atoms with E-state index in [-0.39, 0.29) is 4.90 Å². The third kappa shape index (κ3) is 2.86. The minimum Gasteiger partial charge on any atom is -0.253 e. The van der Waals surface area contributed by atoms with Crippen LogP contribution >= 0.6 is 0 Å². The Hall–Kier alpha value is -2.19. The molecule has 0 unspecified atom stereocenters. The van der Waals surface area contributed by atoms with E-state index >= 15 is 0 Å². The van der Waals surface area contributed by atoms with Gasteiger partial charge in [-0.25, -0.2) is 8.42 Å². The number of allylic oxidation sites excluding steroid dienone is 1. The second-order valence-electron chi connectivity index (χ2n) is 4.72. The molecule has 0 radical (unpaired) electrons. The van der Waals surface area contributed by atoms with E-state index in [0.717, 1.165) is 28.1 Å². The normalized spacial score (nSPS) is 12.1. The Labute approximate surface area is 118 Å². The van der Waals surface area contributed by atoms with Crippen LogP contribution in [0, 0.1) is 11.3 Å². The predicted molar refractivity (Wildman–Crippen MR) is 77.8 cm³/mol. The van der Waals surface area contributed by atoms with Gasteiger partial charge in [-0.05, 0) is 30.2 Å². The molecule has 2 aromatic rings. The van der Waals surface area contributed by atoms with E-state index in [9.17, 15) is 8.42 Å². The third-order valence-corrected chi connectivity index (χ3v) is 4.33. The topological polar surface area (TPSA) is 70.8 Å². The molecule has 0 saturated carbocycles. The average Bonchev–Trinajstić information content (AvgIpc) is 2.44. The van der Waals surface area contributed by atoms with Gasteiger partial charge in [0.05, 0.1) is 16.5 Å². The van der Waals surface area contributed by atoms with Gasteiger partial charge in [-0.1, -0.05) is 19.9 Å². The van der Waals surface area contributed by atoms with Crippen LogP contribution in [0.5, 0.6) is 0 Å². The maximum atomic E-state index is 12.0. The summed E-state index contributed by atoms with van der Waals surface area (Å²) in [6.07, 6.45) is 0.958. The highest BCUT2D eigenvalue weighted by molar-refractivity contribution is 7.94. The summed E-state index contributed by atoms with van der Waals surface area (Å²) in [5.74, 6) is 0.321. The van der Waals surface area contributed by atoms with Gasteiger partial charge >= 0.3 is 0 Å². The predicted octanol–water partition coefficient (Wildman–Crippen LogP) is 3.17. The molecule has 0 amide bonds. The summed E-state index contributed by atoms with van der Waals surface area (Å²) in [4.78, 5) is 4.66. The van der Waals surface area contributed by atoms with Gasteiger partial charge in [0.25, 0.3) is 0 Å². The summed E-state index contributed by atoms with van der Waals surface area (Å²) in [7, 11) is -3.57. The van der Waals surface area contributed by atoms with Crippen LogP contribution < -0.4 is 0 Å². The lowest BCUT2D eigenvalue weighted by molar-refractivity contribution is 0.605. The molecule has 0 spiro atoms. The molecule has 0 N–H and O–H groups in total. The maximum Gasteiger partial charge on any atom is 0.200 e. The molecule has 0 aliphatic heterocycles. The van der Waals surface area contributed by atoms with E-state index in [2.05, 4.69) is 18.8 Å². The van der Waals surface area contributed by atoms with Crippen molar-refractivity contribution in [1.29, 1.82) is 5.26 Å². The molecule has 0 bridgehead atoms. The number of nitrogens with zero attached hydrogens (tertiary/aromatic N) is 2. The fourth-order valence-corrected chi connectivity index (χ4v) is 2.76. The molecule has 102 valence electrons. The number of fused-ring (bicyclic) bond motifs is 1. The number of hydrogen-bond acceptors (Lipinski definition) is 4. The number of nitriles is 1. The molecule has 2 rings (SSSR count). The third-order valence-electron chi connectivity index (χ3n) is 2.92. The van der Waals surface area contributed by atoms with Crippen molar-refractivity contribution in [2.45, 2.75) is 24.7 Å². The number of pyridine rings is 1. The summed E-state index contributed by atoms with van der Waals surface area (Å²) in [5.41, 5.74) is 1.73. The zero-order valence-corrected chi connectivity index (χ0v) is 12.1. The van der Waals surface area contributed by atoms with E-state index in [1.165, 1.54) is 6.07 Å². The Morgan fingerprint density at radius 2 is 2.00 bits per heavy atom. The van der Waals surface area contributed by atoms with E-state index in [1.54, 1.807) is 18.2 Å². The molecule has 20 heavy (non-hydrogen) atoms. The first kappa shape index (κ1) is 14.2. The van der Waals surface area contributed by atoms with Crippen molar-refractivity contribution in [3.05, 3.63) is 47.5 Å². The van der Waals surface area contributed by atoms with E-state index in [1.807, 2.05) is 12.1 Å². The molecule has 1 aromatic heterocycles. The van der Waals surface area contributed by atoms with Gasteiger partial charge in [-0.2, -0.15) is 5.26 Å². The Balaban J connectivity index is 2.53. The minimum atomic E-state index is -3.57. The molecule has 0 fully saturated rings. The van der Waals surface area contributed by atoms with Gasteiger partial charge in [-0.3, -0.25) is 4.98 Å². The van der Waals surface area contributed by atoms with Crippen LogP contribution in [0.4, 0.5) is 0 Å². The number of sulfone groups is 1.